The number of aliphatic hydroxyl groups excluding tert-OH is 1. The number of nitrogens with zero attached hydrogens (tertiary/aromatic N) is 1. The van der Waals surface area contributed by atoms with Gasteiger partial charge in [-0.25, -0.2) is 17.9 Å². The number of sulfonamides is 1. The summed E-state index contributed by atoms with van der Waals surface area (Å²) < 4.78 is 25.4. The van der Waals surface area contributed by atoms with E-state index in [2.05, 4.69) is 9.71 Å². The minimum atomic E-state index is -3.70. The molecule has 1 heterocycles. The molecule has 7 nitrogen and oxygen atoms in total. The van der Waals surface area contributed by atoms with Crippen LogP contribution < -0.4 is 4.72 Å². The van der Waals surface area contributed by atoms with Gasteiger partial charge in [0.2, 0.25) is 10.0 Å². The van der Waals surface area contributed by atoms with Crippen LogP contribution >= 0.6 is 0 Å². The Morgan fingerprint density at radius 3 is 2.76 bits per heavy atom. The van der Waals surface area contributed by atoms with Gasteiger partial charge in [-0.2, -0.15) is 0 Å². The summed E-state index contributed by atoms with van der Waals surface area (Å²) in [6.45, 7) is -0.162. The first-order valence-electron chi connectivity index (χ1n) is 4.74. The molecule has 1 aromatic rings. The Labute approximate surface area is 98.2 Å². The van der Waals surface area contributed by atoms with Crippen molar-refractivity contribution in [3.8, 4) is 0 Å². The Morgan fingerprint density at radius 1 is 1.53 bits per heavy atom. The van der Waals surface area contributed by atoms with E-state index in [9.17, 15) is 13.2 Å². The number of nitrogens with one attached hydrogen (secondary N) is 1. The van der Waals surface area contributed by atoms with Crippen molar-refractivity contribution in [1.82, 2.24) is 9.71 Å². The van der Waals surface area contributed by atoms with E-state index in [1.165, 1.54) is 24.5 Å². The Hall–Kier alpha value is -1.51. The fourth-order valence-electron chi connectivity index (χ4n) is 1.04. The number of aliphatic carboxylic acids is 1. The Bertz CT molecular complexity index is 473. The van der Waals surface area contributed by atoms with Crippen LogP contribution in [0.4, 0.5) is 0 Å². The zero-order chi connectivity index (χ0) is 12.9. The third-order valence-corrected chi connectivity index (χ3v) is 3.39. The van der Waals surface area contributed by atoms with Gasteiger partial charge in [-0.3, -0.25) is 4.98 Å². The van der Waals surface area contributed by atoms with E-state index >= 15 is 0 Å². The second kappa shape index (κ2) is 5.71. The predicted molar refractivity (Wildman–Crippen MR) is 57.7 cm³/mol. The molecule has 17 heavy (non-hydrogen) atoms. The lowest BCUT2D eigenvalue weighted by Crippen LogP contribution is -2.30. The van der Waals surface area contributed by atoms with Crippen LogP contribution in [0.25, 0.3) is 0 Å². The Morgan fingerprint density at radius 2 is 2.24 bits per heavy atom. The van der Waals surface area contributed by atoms with Gasteiger partial charge in [0.05, 0.1) is 0 Å². The van der Waals surface area contributed by atoms with Crippen molar-refractivity contribution in [3.63, 3.8) is 0 Å². The van der Waals surface area contributed by atoms with E-state index in [0.717, 1.165) is 0 Å². The van der Waals surface area contributed by atoms with Gasteiger partial charge in [-0.05, 0) is 18.6 Å². The van der Waals surface area contributed by atoms with E-state index in [0.29, 0.717) is 0 Å². The van der Waals surface area contributed by atoms with Crippen molar-refractivity contribution < 1.29 is 23.4 Å². The van der Waals surface area contributed by atoms with Crippen molar-refractivity contribution in [1.29, 1.82) is 0 Å². The molecule has 0 aromatic carbocycles. The molecule has 1 aromatic heterocycles. The normalized spacial score (nSPS) is 13.2. The molecule has 3 N–H and O–H groups in total. The summed E-state index contributed by atoms with van der Waals surface area (Å²) in [7, 11) is -3.70. The molecule has 0 bridgehead atoms. The molecule has 0 fully saturated rings. The maximum atomic E-state index is 11.6. The first kappa shape index (κ1) is 13.6. The van der Waals surface area contributed by atoms with Crippen molar-refractivity contribution in [3.05, 3.63) is 24.5 Å². The fraction of sp³-hybridized carbons (Fsp3) is 0.333. The van der Waals surface area contributed by atoms with Gasteiger partial charge in [0.25, 0.3) is 0 Å². The van der Waals surface area contributed by atoms with Gasteiger partial charge in [-0.15, -0.1) is 0 Å². The number of carbonyl (C=O) groups is 1. The summed E-state index contributed by atoms with van der Waals surface area (Å²) in [6.07, 6.45) is 0.837. The lowest BCUT2D eigenvalue weighted by atomic mass is 10.3. The fourth-order valence-corrected chi connectivity index (χ4v) is 2.05. The quantitative estimate of drug-likeness (QED) is 0.616. The molecule has 1 rings (SSSR count). The van der Waals surface area contributed by atoms with E-state index in [1.807, 2.05) is 0 Å². The van der Waals surface area contributed by atoms with Crippen LogP contribution in [0.2, 0.25) is 0 Å². The monoisotopic (exact) mass is 260 g/mol. The predicted octanol–water partition coefficient (Wildman–Crippen LogP) is -0.804. The minimum Gasteiger partial charge on any atom is -0.479 e. The molecule has 8 heteroatoms. The molecule has 0 aliphatic carbocycles. The van der Waals surface area contributed by atoms with Gasteiger partial charge in [-0.1, -0.05) is 0 Å². The van der Waals surface area contributed by atoms with Gasteiger partial charge >= 0.3 is 5.97 Å². The van der Waals surface area contributed by atoms with E-state index in [1.54, 1.807) is 0 Å². The summed E-state index contributed by atoms with van der Waals surface area (Å²) in [6, 6.07) is 2.84. The van der Waals surface area contributed by atoms with E-state index < -0.39 is 22.1 Å². The second-order valence-corrected chi connectivity index (χ2v) is 5.00. The van der Waals surface area contributed by atoms with Gasteiger partial charge < -0.3 is 10.2 Å². The third kappa shape index (κ3) is 4.10. The number of hydrogen-bond acceptors (Lipinski definition) is 5. The zero-order valence-corrected chi connectivity index (χ0v) is 9.59. The number of rotatable bonds is 6. The molecule has 0 saturated carbocycles. The standard InChI is InChI=1S/C9H12N2O5S/c12-8(9(13)14)3-5-11-17(15,16)7-2-1-4-10-6-7/h1-2,4,6,8,11-12H,3,5H2,(H,13,14)/t8-/m0/s1. The number of carboxylic acids is 1. The van der Waals surface area contributed by atoms with Crippen LogP contribution in [-0.2, 0) is 14.8 Å². The molecule has 0 saturated heterocycles. The number of aliphatic hydroxyl groups is 1. The maximum Gasteiger partial charge on any atom is 0.332 e. The number of carboxylic acid groups (broad SMARTS) is 1. The van der Waals surface area contributed by atoms with Gasteiger partial charge in [0.15, 0.2) is 6.10 Å². The molecule has 1 atom stereocenters. The SMILES string of the molecule is O=C(O)[C@@H](O)CCNS(=O)(=O)c1cccnc1. The smallest absolute Gasteiger partial charge is 0.332 e. The molecule has 0 spiro atoms. The van der Waals surface area contributed by atoms with Crippen LogP contribution in [0.5, 0.6) is 0 Å². The van der Waals surface area contributed by atoms with Crippen molar-refractivity contribution in [2.45, 2.75) is 17.4 Å². The summed E-state index contributed by atoms with van der Waals surface area (Å²) >= 11 is 0. The summed E-state index contributed by atoms with van der Waals surface area (Å²) in [5.74, 6) is -1.38. The van der Waals surface area contributed by atoms with Crippen LogP contribution in [-0.4, -0.2) is 42.2 Å². The summed E-state index contributed by atoms with van der Waals surface area (Å²) in [4.78, 5) is 13.9. The third-order valence-electron chi connectivity index (χ3n) is 1.94. The zero-order valence-electron chi connectivity index (χ0n) is 8.78. The highest BCUT2D eigenvalue weighted by molar-refractivity contribution is 7.89. The topological polar surface area (TPSA) is 117 Å². The highest BCUT2D eigenvalue weighted by Gasteiger charge is 2.16. The Balaban J connectivity index is 2.55. The highest BCUT2D eigenvalue weighted by atomic mass is 32.2. The largest absolute Gasteiger partial charge is 0.479 e. The van der Waals surface area contributed by atoms with Crippen molar-refractivity contribution in [2.75, 3.05) is 6.54 Å². The molecular formula is C9H12N2O5S. The average molecular weight is 260 g/mol. The van der Waals surface area contributed by atoms with E-state index in [4.69, 9.17) is 10.2 Å². The molecule has 0 radical (unpaired) electrons. The number of aromatic nitrogens is 1. The number of pyridine rings is 1. The highest BCUT2D eigenvalue weighted by Crippen LogP contribution is 2.05. The summed E-state index contributed by atoms with van der Waals surface area (Å²) in [5, 5.41) is 17.3. The molecular weight excluding hydrogens is 248 g/mol. The Kier molecular flexibility index (Phi) is 4.55. The number of hydrogen-bond donors (Lipinski definition) is 3. The molecule has 0 aliphatic heterocycles. The molecule has 0 unspecified atom stereocenters. The van der Waals surface area contributed by atoms with Crippen LogP contribution in [0.1, 0.15) is 6.42 Å². The minimum absolute atomic E-state index is 0.00943. The van der Waals surface area contributed by atoms with E-state index in [-0.39, 0.29) is 17.9 Å². The van der Waals surface area contributed by atoms with Crippen LogP contribution in [0.3, 0.4) is 0 Å². The molecule has 94 valence electrons. The van der Waals surface area contributed by atoms with Gasteiger partial charge in [0, 0.05) is 18.9 Å². The van der Waals surface area contributed by atoms with Gasteiger partial charge in [0.1, 0.15) is 4.90 Å². The molecule has 0 amide bonds. The first-order chi connectivity index (χ1) is 7.93. The lowest BCUT2D eigenvalue weighted by Gasteiger charge is -2.07. The van der Waals surface area contributed by atoms with Crippen molar-refractivity contribution in [2.24, 2.45) is 0 Å². The molecule has 0 aliphatic rings. The van der Waals surface area contributed by atoms with Crippen LogP contribution in [0.15, 0.2) is 29.4 Å². The van der Waals surface area contributed by atoms with Crippen molar-refractivity contribution >= 4 is 16.0 Å². The summed E-state index contributed by atoms with van der Waals surface area (Å²) in [5.41, 5.74) is 0. The maximum absolute atomic E-state index is 11.6. The van der Waals surface area contributed by atoms with Crippen LogP contribution in [0, 0.1) is 0 Å². The lowest BCUT2D eigenvalue weighted by molar-refractivity contribution is -0.146. The average Bonchev–Trinajstić information content (AvgIpc) is 2.29. The second-order valence-electron chi connectivity index (χ2n) is 3.23. The first-order valence-corrected chi connectivity index (χ1v) is 6.22.